The van der Waals surface area contributed by atoms with Crippen LogP contribution in [0.25, 0.3) is 0 Å². The van der Waals surface area contributed by atoms with Gasteiger partial charge in [-0.3, -0.25) is 0 Å². The largest absolute Gasteiger partial charge is 0.496 e. The fourth-order valence-corrected chi connectivity index (χ4v) is 1.88. The van der Waals surface area contributed by atoms with Gasteiger partial charge < -0.3 is 9.84 Å². The first-order chi connectivity index (χ1) is 8.70. The number of aliphatic hydroxyl groups excluding tert-OH is 1. The summed E-state index contributed by atoms with van der Waals surface area (Å²) in [5, 5.41) is 10.7. The Labute approximate surface area is 110 Å². The number of ether oxygens (including phenoxy) is 1. The summed E-state index contributed by atoms with van der Waals surface area (Å²) in [6, 6.07) is 6.99. The smallest absolute Gasteiger partial charge is 0.157 e. The molecular weight excluding hydrogens is 252 g/mol. The van der Waals surface area contributed by atoms with Crippen molar-refractivity contribution in [3.05, 3.63) is 53.1 Å². The predicted octanol–water partition coefficient (Wildman–Crippen LogP) is 2.41. The number of nitrogens with zero attached hydrogens (tertiary/aromatic N) is 2. The molecule has 0 amide bonds. The van der Waals surface area contributed by atoms with Crippen molar-refractivity contribution in [2.24, 2.45) is 0 Å². The molecule has 1 N–H and O–H groups in total. The molecule has 0 bridgehead atoms. The van der Waals surface area contributed by atoms with Gasteiger partial charge in [0, 0.05) is 23.8 Å². The molecule has 0 aliphatic carbocycles. The van der Waals surface area contributed by atoms with E-state index >= 15 is 0 Å². The molecule has 4 nitrogen and oxygen atoms in total. The lowest BCUT2D eigenvalue weighted by Crippen LogP contribution is -2.07. The van der Waals surface area contributed by atoms with Crippen molar-refractivity contribution in [3.63, 3.8) is 0 Å². The number of hydrogen-bond acceptors (Lipinski definition) is 4. The third-order valence-corrected chi connectivity index (χ3v) is 2.77. The second kappa shape index (κ2) is 5.80. The Bertz CT molecular complexity index is 520. The number of aliphatic hydroxyl groups is 1. The molecule has 94 valence electrons. The molecule has 1 aromatic heterocycles. The first-order valence-corrected chi connectivity index (χ1v) is 5.86. The number of benzene rings is 1. The van der Waals surface area contributed by atoms with Gasteiger partial charge in [0.25, 0.3) is 0 Å². The fourth-order valence-electron chi connectivity index (χ4n) is 1.69. The minimum absolute atomic E-state index is 0.355. The summed E-state index contributed by atoms with van der Waals surface area (Å²) in [5.74, 6) is 1.08. The summed E-state index contributed by atoms with van der Waals surface area (Å²) in [6.07, 6.45) is 2.77. The van der Waals surface area contributed by atoms with Crippen LogP contribution in [0, 0.1) is 0 Å². The van der Waals surface area contributed by atoms with Crippen LogP contribution in [0.2, 0.25) is 5.02 Å². The van der Waals surface area contributed by atoms with Crippen LogP contribution in [-0.4, -0.2) is 22.2 Å². The van der Waals surface area contributed by atoms with E-state index in [4.69, 9.17) is 16.3 Å². The van der Waals surface area contributed by atoms with Crippen LogP contribution in [0.5, 0.6) is 5.75 Å². The first kappa shape index (κ1) is 12.8. The van der Waals surface area contributed by atoms with Crippen molar-refractivity contribution in [1.82, 2.24) is 9.97 Å². The Kier molecular flexibility index (Phi) is 4.12. The van der Waals surface area contributed by atoms with Crippen molar-refractivity contribution in [2.75, 3.05) is 7.11 Å². The minimum atomic E-state index is -0.779. The molecule has 0 fully saturated rings. The van der Waals surface area contributed by atoms with Crippen LogP contribution < -0.4 is 4.74 Å². The van der Waals surface area contributed by atoms with Crippen molar-refractivity contribution in [3.8, 4) is 5.75 Å². The van der Waals surface area contributed by atoms with Crippen molar-refractivity contribution >= 4 is 11.6 Å². The molecule has 2 rings (SSSR count). The van der Waals surface area contributed by atoms with E-state index in [0.29, 0.717) is 23.0 Å². The SMILES string of the molecule is COc1ccc(Cl)cc1CC(O)c1ncccn1. The molecule has 1 atom stereocenters. The molecule has 1 unspecified atom stereocenters. The Balaban J connectivity index is 2.21. The topological polar surface area (TPSA) is 55.2 Å². The molecule has 0 aliphatic heterocycles. The molecule has 0 saturated heterocycles. The second-order valence-corrected chi connectivity index (χ2v) is 4.22. The summed E-state index contributed by atoms with van der Waals surface area (Å²) < 4.78 is 5.23. The van der Waals surface area contributed by atoms with Crippen LogP contribution >= 0.6 is 11.6 Å². The third kappa shape index (κ3) is 2.97. The average molecular weight is 265 g/mol. The maximum Gasteiger partial charge on any atom is 0.157 e. The zero-order valence-corrected chi connectivity index (χ0v) is 10.6. The summed E-state index contributed by atoms with van der Waals surface area (Å²) >= 11 is 5.93. The average Bonchev–Trinajstić information content (AvgIpc) is 2.40. The zero-order valence-electron chi connectivity index (χ0n) is 9.88. The van der Waals surface area contributed by atoms with Crippen LogP contribution in [-0.2, 0) is 6.42 Å². The minimum Gasteiger partial charge on any atom is -0.496 e. The van der Waals surface area contributed by atoms with Gasteiger partial charge in [0.15, 0.2) is 5.82 Å². The molecule has 0 aliphatic rings. The van der Waals surface area contributed by atoms with Gasteiger partial charge in [-0.25, -0.2) is 9.97 Å². The Hall–Kier alpha value is -1.65. The van der Waals surface area contributed by atoms with Crippen LogP contribution in [0.15, 0.2) is 36.7 Å². The van der Waals surface area contributed by atoms with E-state index in [1.807, 2.05) is 0 Å². The monoisotopic (exact) mass is 264 g/mol. The number of halogens is 1. The zero-order chi connectivity index (χ0) is 13.0. The van der Waals surface area contributed by atoms with Gasteiger partial charge in [0.05, 0.1) is 7.11 Å². The highest BCUT2D eigenvalue weighted by molar-refractivity contribution is 6.30. The van der Waals surface area contributed by atoms with Gasteiger partial charge in [-0.05, 0) is 29.8 Å². The molecule has 1 heterocycles. The molecular formula is C13H13ClN2O2. The number of rotatable bonds is 4. The van der Waals surface area contributed by atoms with Crippen LogP contribution in [0.3, 0.4) is 0 Å². The Morgan fingerprint density at radius 3 is 2.72 bits per heavy atom. The van der Waals surface area contributed by atoms with E-state index in [9.17, 15) is 5.11 Å². The molecule has 2 aromatic rings. The second-order valence-electron chi connectivity index (χ2n) is 3.78. The van der Waals surface area contributed by atoms with E-state index in [1.54, 1.807) is 43.8 Å². The van der Waals surface area contributed by atoms with Gasteiger partial charge in [0.1, 0.15) is 11.9 Å². The van der Waals surface area contributed by atoms with E-state index in [1.165, 1.54) is 0 Å². The normalized spacial score (nSPS) is 12.2. The molecule has 1 aromatic carbocycles. The van der Waals surface area contributed by atoms with Crippen LogP contribution in [0.1, 0.15) is 17.5 Å². The Morgan fingerprint density at radius 1 is 1.33 bits per heavy atom. The van der Waals surface area contributed by atoms with Gasteiger partial charge in [-0.15, -0.1) is 0 Å². The molecule has 0 saturated carbocycles. The van der Waals surface area contributed by atoms with Crippen molar-refractivity contribution in [1.29, 1.82) is 0 Å². The fraction of sp³-hybridized carbons (Fsp3) is 0.231. The van der Waals surface area contributed by atoms with Gasteiger partial charge in [-0.2, -0.15) is 0 Å². The number of methoxy groups -OCH3 is 1. The van der Waals surface area contributed by atoms with E-state index < -0.39 is 6.10 Å². The van der Waals surface area contributed by atoms with E-state index in [2.05, 4.69) is 9.97 Å². The lowest BCUT2D eigenvalue weighted by Gasteiger charge is -2.12. The van der Waals surface area contributed by atoms with Crippen LogP contribution in [0.4, 0.5) is 0 Å². The summed E-state index contributed by atoms with van der Waals surface area (Å²) in [7, 11) is 1.58. The lowest BCUT2D eigenvalue weighted by molar-refractivity contribution is 0.167. The van der Waals surface area contributed by atoms with Crippen molar-refractivity contribution in [2.45, 2.75) is 12.5 Å². The lowest BCUT2D eigenvalue weighted by atomic mass is 10.1. The first-order valence-electron chi connectivity index (χ1n) is 5.48. The highest BCUT2D eigenvalue weighted by atomic mass is 35.5. The quantitative estimate of drug-likeness (QED) is 0.921. The van der Waals surface area contributed by atoms with E-state index in [-0.39, 0.29) is 0 Å². The predicted molar refractivity (Wildman–Crippen MR) is 68.7 cm³/mol. The maximum atomic E-state index is 10.1. The van der Waals surface area contributed by atoms with Gasteiger partial charge in [0.2, 0.25) is 0 Å². The number of hydrogen-bond donors (Lipinski definition) is 1. The van der Waals surface area contributed by atoms with Crippen molar-refractivity contribution < 1.29 is 9.84 Å². The molecule has 5 heteroatoms. The third-order valence-electron chi connectivity index (χ3n) is 2.54. The number of aromatic nitrogens is 2. The summed E-state index contributed by atoms with van der Waals surface area (Å²) in [5.41, 5.74) is 0.824. The van der Waals surface area contributed by atoms with Gasteiger partial charge >= 0.3 is 0 Å². The van der Waals surface area contributed by atoms with Gasteiger partial charge in [-0.1, -0.05) is 11.6 Å². The Morgan fingerprint density at radius 2 is 2.06 bits per heavy atom. The highest BCUT2D eigenvalue weighted by Gasteiger charge is 2.14. The highest BCUT2D eigenvalue weighted by Crippen LogP contribution is 2.26. The van der Waals surface area contributed by atoms with E-state index in [0.717, 1.165) is 5.56 Å². The molecule has 18 heavy (non-hydrogen) atoms. The maximum absolute atomic E-state index is 10.1. The molecule has 0 radical (unpaired) electrons. The summed E-state index contributed by atoms with van der Waals surface area (Å²) in [4.78, 5) is 8.04. The standard InChI is InChI=1S/C13H13ClN2O2/c1-18-12-4-3-10(14)7-9(12)8-11(17)13-15-5-2-6-16-13/h2-7,11,17H,8H2,1H3. The summed E-state index contributed by atoms with van der Waals surface area (Å²) in [6.45, 7) is 0. The molecule has 0 spiro atoms.